The molecule has 19 heavy (non-hydrogen) atoms. The average Bonchev–Trinajstić information content (AvgIpc) is 2.40. The molecule has 0 N–H and O–H groups in total. The summed E-state index contributed by atoms with van der Waals surface area (Å²) in [4.78, 5) is 0. The van der Waals surface area contributed by atoms with Crippen LogP contribution in [0.2, 0.25) is 0 Å². The molecular weight excluding hydrogens is 281 g/mol. The highest BCUT2D eigenvalue weighted by molar-refractivity contribution is 5.51. The molecule has 8 heteroatoms. The topological polar surface area (TPSA) is 9.23 Å². The van der Waals surface area contributed by atoms with Crippen molar-refractivity contribution in [2.45, 2.75) is 12.5 Å². The van der Waals surface area contributed by atoms with Crippen molar-refractivity contribution in [2.24, 2.45) is 0 Å². The molecule has 2 atom stereocenters. The van der Waals surface area contributed by atoms with Crippen LogP contribution in [0.3, 0.4) is 0 Å². The molecule has 0 bridgehead atoms. The lowest BCUT2D eigenvalue weighted by molar-refractivity contribution is -0.0204. The first-order valence-electron chi connectivity index (χ1n) is 4.84. The van der Waals surface area contributed by atoms with Gasteiger partial charge in [0.15, 0.2) is 17.8 Å². The van der Waals surface area contributed by atoms with Gasteiger partial charge in [-0.3, -0.25) is 0 Å². The monoisotopic (exact) mass is 288 g/mol. The standard InChI is InChI=1S/C11H7F7O/c1-2-4-6(14)8(16)10(9(17)7(4)15)19-11(18)5(13)3-12/h2,5,11H,1,3H2. The van der Waals surface area contributed by atoms with Crippen molar-refractivity contribution in [3.05, 3.63) is 35.4 Å². The molecular formula is C11H7F7O. The number of ether oxygens (including phenoxy) is 1. The quantitative estimate of drug-likeness (QED) is 0.590. The zero-order chi connectivity index (χ0) is 14.7. The fourth-order valence-electron chi connectivity index (χ4n) is 1.17. The maximum atomic E-state index is 13.3. The third-order valence-corrected chi connectivity index (χ3v) is 2.12. The highest BCUT2D eigenvalue weighted by Gasteiger charge is 2.30. The largest absolute Gasteiger partial charge is 0.451 e. The van der Waals surface area contributed by atoms with Gasteiger partial charge in [0.2, 0.25) is 17.4 Å². The van der Waals surface area contributed by atoms with E-state index in [-0.39, 0.29) is 0 Å². The van der Waals surface area contributed by atoms with Crippen LogP contribution in [0.15, 0.2) is 6.58 Å². The van der Waals surface area contributed by atoms with E-state index in [1.54, 1.807) is 0 Å². The third kappa shape index (κ3) is 2.82. The lowest BCUT2D eigenvalue weighted by Gasteiger charge is -2.15. The van der Waals surface area contributed by atoms with Crippen molar-refractivity contribution in [1.82, 2.24) is 0 Å². The summed E-state index contributed by atoms with van der Waals surface area (Å²) in [5, 5.41) is 0. The van der Waals surface area contributed by atoms with Gasteiger partial charge in [-0.25, -0.2) is 17.6 Å². The smallest absolute Gasteiger partial charge is 0.272 e. The van der Waals surface area contributed by atoms with E-state index in [0.717, 1.165) is 0 Å². The second-order valence-corrected chi connectivity index (χ2v) is 3.34. The maximum absolute atomic E-state index is 13.3. The molecule has 0 amide bonds. The minimum atomic E-state index is -3.11. The van der Waals surface area contributed by atoms with Crippen LogP contribution in [0.1, 0.15) is 5.56 Å². The summed E-state index contributed by atoms with van der Waals surface area (Å²) in [5.74, 6) is -9.70. The van der Waals surface area contributed by atoms with E-state index in [0.29, 0.717) is 6.08 Å². The minimum Gasteiger partial charge on any atom is -0.451 e. The first-order chi connectivity index (χ1) is 8.84. The van der Waals surface area contributed by atoms with Gasteiger partial charge < -0.3 is 4.74 Å². The number of rotatable bonds is 5. The average molecular weight is 288 g/mol. The number of benzene rings is 1. The summed E-state index contributed by atoms with van der Waals surface area (Å²) in [6.07, 6.45) is -5.46. The molecule has 0 radical (unpaired) electrons. The molecule has 0 saturated heterocycles. The molecule has 0 saturated carbocycles. The summed E-state index contributed by atoms with van der Waals surface area (Å²) >= 11 is 0. The van der Waals surface area contributed by atoms with Crippen LogP contribution < -0.4 is 4.74 Å². The molecule has 0 spiro atoms. The zero-order valence-electron chi connectivity index (χ0n) is 9.20. The first kappa shape index (κ1) is 15.3. The lowest BCUT2D eigenvalue weighted by Crippen LogP contribution is -2.26. The summed E-state index contributed by atoms with van der Waals surface area (Å²) in [6.45, 7) is 1.10. The van der Waals surface area contributed by atoms with Gasteiger partial charge in [0, 0.05) is 0 Å². The fraction of sp³-hybridized carbons (Fsp3) is 0.273. The highest BCUT2D eigenvalue weighted by Crippen LogP contribution is 2.31. The predicted octanol–water partition coefficient (Wildman–Crippen LogP) is 3.87. The molecule has 0 fully saturated rings. The first-order valence-corrected chi connectivity index (χ1v) is 4.84. The predicted molar refractivity (Wildman–Crippen MR) is 52.8 cm³/mol. The van der Waals surface area contributed by atoms with E-state index < -0.39 is 53.8 Å². The van der Waals surface area contributed by atoms with Gasteiger partial charge in [-0.05, 0) is 0 Å². The van der Waals surface area contributed by atoms with E-state index in [4.69, 9.17) is 0 Å². The Balaban J connectivity index is 3.26. The van der Waals surface area contributed by atoms with Crippen molar-refractivity contribution in [1.29, 1.82) is 0 Å². The highest BCUT2D eigenvalue weighted by atomic mass is 19.2. The van der Waals surface area contributed by atoms with Gasteiger partial charge in [0.1, 0.15) is 6.67 Å². The molecule has 106 valence electrons. The van der Waals surface area contributed by atoms with Crippen molar-refractivity contribution in [2.75, 3.05) is 6.67 Å². The molecule has 1 nitrogen and oxygen atoms in total. The van der Waals surface area contributed by atoms with E-state index in [1.807, 2.05) is 0 Å². The van der Waals surface area contributed by atoms with Crippen LogP contribution in [-0.2, 0) is 0 Å². The molecule has 1 aromatic carbocycles. The van der Waals surface area contributed by atoms with Crippen molar-refractivity contribution >= 4 is 6.08 Å². The number of hydrogen-bond donors (Lipinski definition) is 0. The van der Waals surface area contributed by atoms with Gasteiger partial charge >= 0.3 is 0 Å². The fourth-order valence-corrected chi connectivity index (χ4v) is 1.17. The van der Waals surface area contributed by atoms with Crippen LogP contribution in [0.4, 0.5) is 30.7 Å². The van der Waals surface area contributed by atoms with Crippen molar-refractivity contribution < 1.29 is 35.5 Å². The summed E-state index contributed by atoms with van der Waals surface area (Å²) in [6, 6.07) is 0. The number of alkyl halides is 3. The van der Waals surface area contributed by atoms with Crippen LogP contribution in [0.5, 0.6) is 5.75 Å². The molecule has 1 rings (SSSR count). The van der Waals surface area contributed by atoms with Crippen LogP contribution in [0.25, 0.3) is 6.08 Å². The molecule has 0 aliphatic carbocycles. The van der Waals surface area contributed by atoms with E-state index >= 15 is 0 Å². The van der Waals surface area contributed by atoms with E-state index in [1.165, 1.54) is 0 Å². The Hall–Kier alpha value is -1.73. The summed E-state index contributed by atoms with van der Waals surface area (Å²) < 4.78 is 93.9. The molecule has 0 aliphatic rings. The summed E-state index contributed by atoms with van der Waals surface area (Å²) in [7, 11) is 0. The van der Waals surface area contributed by atoms with Crippen molar-refractivity contribution in [3.63, 3.8) is 0 Å². The van der Waals surface area contributed by atoms with E-state index in [9.17, 15) is 30.7 Å². The zero-order valence-corrected chi connectivity index (χ0v) is 9.20. The Labute approximate surface area is 103 Å². The Morgan fingerprint density at radius 1 is 1.00 bits per heavy atom. The third-order valence-electron chi connectivity index (χ3n) is 2.12. The van der Waals surface area contributed by atoms with Crippen LogP contribution in [-0.4, -0.2) is 19.2 Å². The second-order valence-electron chi connectivity index (χ2n) is 3.34. The second kappa shape index (κ2) is 5.94. The SMILES string of the molecule is C=Cc1c(F)c(F)c(OC(F)C(F)CF)c(F)c1F. The molecule has 0 aromatic heterocycles. The Bertz CT molecular complexity index is 459. The van der Waals surface area contributed by atoms with Gasteiger partial charge in [-0.2, -0.15) is 13.2 Å². The van der Waals surface area contributed by atoms with Crippen molar-refractivity contribution in [3.8, 4) is 5.75 Å². The number of halogens is 7. The maximum Gasteiger partial charge on any atom is 0.272 e. The Morgan fingerprint density at radius 2 is 1.47 bits per heavy atom. The lowest BCUT2D eigenvalue weighted by atomic mass is 10.1. The minimum absolute atomic E-state index is 0.493. The Kier molecular flexibility index (Phi) is 4.79. The van der Waals surface area contributed by atoms with Gasteiger partial charge in [-0.15, -0.1) is 0 Å². The van der Waals surface area contributed by atoms with E-state index in [2.05, 4.69) is 11.3 Å². The van der Waals surface area contributed by atoms with Crippen LogP contribution >= 0.6 is 0 Å². The molecule has 2 unspecified atom stereocenters. The number of hydrogen-bond acceptors (Lipinski definition) is 1. The molecule has 0 aliphatic heterocycles. The van der Waals surface area contributed by atoms with Gasteiger partial charge in [0.05, 0.1) is 5.56 Å². The van der Waals surface area contributed by atoms with Crippen LogP contribution in [0, 0.1) is 23.3 Å². The van der Waals surface area contributed by atoms with Gasteiger partial charge in [-0.1, -0.05) is 12.7 Å². The molecule has 1 aromatic rings. The van der Waals surface area contributed by atoms with Gasteiger partial charge in [0.25, 0.3) is 6.36 Å². The molecule has 0 heterocycles. The normalized spacial score (nSPS) is 14.1. The summed E-state index contributed by atoms with van der Waals surface area (Å²) in [5.41, 5.74) is -1.12. The Morgan fingerprint density at radius 3 is 1.84 bits per heavy atom.